The van der Waals surface area contributed by atoms with E-state index in [4.69, 9.17) is 37.4 Å². The molecule has 208 valence electrons. The molecule has 3 aromatic rings. The van der Waals surface area contributed by atoms with Gasteiger partial charge < -0.3 is 19.5 Å². The highest BCUT2D eigenvalue weighted by atomic mass is 35.5. The number of rotatable bonds is 11. The summed E-state index contributed by atoms with van der Waals surface area (Å²) in [6.07, 6.45) is 4.21. The zero-order valence-corrected chi connectivity index (χ0v) is 23.8. The molecule has 1 aliphatic rings. The number of ether oxygens (including phenoxy) is 3. The molecule has 0 spiro atoms. The van der Waals surface area contributed by atoms with Crippen molar-refractivity contribution >= 4 is 55.9 Å². The summed E-state index contributed by atoms with van der Waals surface area (Å²) in [5.41, 5.74) is 1.41. The highest BCUT2D eigenvalue weighted by Crippen LogP contribution is 2.46. The zero-order chi connectivity index (χ0) is 28.3. The molecular weight excluding hydrogens is 569 g/mol. The number of hydrogen-bond acceptors (Lipinski definition) is 10. The number of anilines is 1. The van der Waals surface area contributed by atoms with Crippen LogP contribution in [0.4, 0.5) is 5.95 Å². The normalized spacial score (nSPS) is 17.3. The highest BCUT2D eigenvalue weighted by Gasteiger charge is 2.30. The fraction of sp³-hybridized carbons (Fsp3) is 0.360. The first kappa shape index (κ1) is 29.0. The predicted octanol–water partition coefficient (Wildman–Crippen LogP) is 3.64. The summed E-state index contributed by atoms with van der Waals surface area (Å²) in [6.45, 7) is 4.18. The zero-order valence-electron chi connectivity index (χ0n) is 21.5. The molecule has 11 nitrogen and oxygen atoms in total. The summed E-state index contributed by atoms with van der Waals surface area (Å²) in [7, 11) is -0.631. The third kappa shape index (κ3) is 6.59. The number of methoxy groups -OCH3 is 2. The lowest BCUT2D eigenvalue weighted by atomic mass is 9.97. The molecule has 0 amide bonds. The molecule has 3 heterocycles. The van der Waals surface area contributed by atoms with Crippen molar-refractivity contribution in [2.75, 3.05) is 39.0 Å². The average Bonchev–Trinajstić information content (AvgIpc) is 3.33. The third-order valence-electron chi connectivity index (χ3n) is 6.17. The van der Waals surface area contributed by atoms with E-state index in [0.717, 1.165) is 6.26 Å². The Morgan fingerprint density at radius 3 is 2.49 bits per heavy atom. The number of nitrogens with zero attached hydrogens (tertiary/aromatic N) is 3. The number of carbonyl (C=O) groups is 1. The number of allylic oxidation sites excluding steroid dienone is 1. The number of pyridine rings is 1. The minimum atomic E-state index is -3.55. The van der Waals surface area contributed by atoms with Gasteiger partial charge in [0.2, 0.25) is 16.0 Å². The van der Waals surface area contributed by atoms with Crippen molar-refractivity contribution in [3.05, 3.63) is 46.7 Å². The summed E-state index contributed by atoms with van der Waals surface area (Å²) in [5.74, 6) is 0.779. The molecular formula is C25H27Cl2N5O6S. The number of fused-ring (bicyclic) bond motifs is 1. The van der Waals surface area contributed by atoms with Crippen LogP contribution in [0.25, 0.3) is 22.2 Å². The summed E-state index contributed by atoms with van der Waals surface area (Å²) in [5, 5.41) is 4.20. The van der Waals surface area contributed by atoms with Gasteiger partial charge in [0, 0.05) is 35.6 Å². The molecule has 1 fully saturated rings. The Morgan fingerprint density at radius 1 is 1.18 bits per heavy atom. The van der Waals surface area contributed by atoms with Crippen molar-refractivity contribution in [2.24, 2.45) is 5.92 Å². The minimum Gasteiger partial charge on any atom is -0.495 e. The average molecular weight is 596 g/mol. The van der Waals surface area contributed by atoms with Crippen LogP contribution in [0.2, 0.25) is 10.0 Å². The Balaban J connectivity index is 1.80. The van der Waals surface area contributed by atoms with Gasteiger partial charge in [-0.25, -0.2) is 28.1 Å². The number of hydrogen-bond donors (Lipinski definition) is 2. The number of ketones is 1. The maximum atomic E-state index is 11.9. The van der Waals surface area contributed by atoms with Gasteiger partial charge in [0.25, 0.3) is 0 Å². The Morgan fingerprint density at radius 2 is 1.87 bits per heavy atom. The molecule has 0 saturated carbocycles. The van der Waals surface area contributed by atoms with E-state index in [-0.39, 0.29) is 46.7 Å². The SMILES string of the molecule is C=CC(=O)C[C@H]1COC[C@H]1Nc1ncc2cc(-c3c(Cl)c(OC)cc(OC)c3Cl)nc(CNS(C)(=O)=O)c2n1. The molecule has 14 heteroatoms. The molecule has 0 radical (unpaired) electrons. The molecule has 0 unspecified atom stereocenters. The Kier molecular flexibility index (Phi) is 8.92. The minimum absolute atomic E-state index is 0.0749. The van der Waals surface area contributed by atoms with E-state index in [1.165, 1.54) is 20.3 Å². The number of sulfonamides is 1. The van der Waals surface area contributed by atoms with Gasteiger partial charge in [0.05, 0.1) is 73.2 Å². The quantitative estimate of drug-likeness (QED) is 0.315. The first-order valence-corrected chi connectivity index (χ1v) is 14.4. The van der Waals surface area contributed by atoms with E-state index in [0.29, 0.717) is 52.6 Å². The molecule has 2 N–H and O–H groups in total. The van der Waals surface area contributed by atoms with Crippen molar-refractivity contribution in [3.63, 3.8) is 0 Å². The number of benzene rings is 1. The molecule has 39 heavy (non-hydrogen) atoms. The van der Waals surface area contributed by atoms with Crippen LogP contribution in [-0.2, 0) is 26.1 Å². The topological polar surface area (TPSA) is 142 Å². The van der Waals surface area contributed by atoms with Crippen LogP contribution in [0.5, 0.6) is 11.5 Å². The van der Waals surface area contributed by atoms with Crippen LogP contribution in [0.1, 0.15) is 12.1 Å². The van der Waals surface area contributed by atoms with Gasteiger partial charge in [-0.3, -0.25) is 4.79 Å². The van der Waals surface area contributed by atoms with Crippen LogP contribution in [0.15, 0.2) is 31.0 Å². The Labute approximate surface area is 235 Å². The van der Waals surface area contributed by atoms with E-state index in [2.05, 4.69) is 31.6 Å². The number of aromatic nitrogens is 3. The van der Waals surface area contributed by atoms with Crippen LogP contribution in [0.3, 0.4) is 0 Å². The number of carbonyl (C=O) groups excluding carboxylic acids is 1. The summed E-state index contributed by atoms with van der Waals surface area (Å²) < 4.78 is 42.6. The summed E-state index contributed by atoms with van der Waals surface area (Å²) in [4.78, 5) is 25.6. The number of nitrogens with one attached hydrogen (secondary N) is 2. The summed E-state index contributed by atoms with van der Waals surface area (Å²) in [6, 6.07) is 3.06. The predicted molar refractivity (Wildman–Crippen MR) is 149 cm³/mol. The van der Waals surface area contributed by atoms with E-state index in [1.54, 1.807) is 18.3 Å². The van der Waals surface area contributed by atoms with Crippen molar-refractivity contribution in [1.29, 1.82) is 0 Å². The van der Waals surface area contributed by atoms with E-state index in [9.17, 15) is 13.2 Å². The molecule has 1 aliphatic heterocycles. The molecule has 0 aliphatic carbocycles. The van der Waals surface area contributed by atoms with E-state index in [1.807, 2.05) is 0 Å². The van der Waals surface area contributed by atoms with Gasteiger partial charge in [-0.2, -0.15) is 0 Å². The first-order chi connectivity index (χ1) is 18.5. The molecule has 4 rings (SSSR count). The molecule has 2 aromatic heterocycles. The van der Waals surface area contributed by atoms with Crippen LogP contribution in [-0.4, -0.2) is 68.9 Å². The Hall–Kier alpha value is -3.03. The Bertz CT molecular complexity index is 1510. The monoisotopic (exact) mass is 595 g/mol. The molecule has 1 aromatic carbocycles. The van der Waals surface area contributed by atoms with Gasteiger partial charge in [-0.05, 0) is 12.1 Å². The second kappa shape index (κ2) is 12.0. The standard InChI is InChI=1S/C25H27Cl2N5O6S/c1-5-15(33)6-14-11-38-12-18(14)31-25-28-9-13-7-16(30-17(24(13)32-25)10-29-39(4,34)35)21-22(26)19(36-2)8-20(37-3)23(21)27/h5,7-9,14,18,29H,1,6,10-12H2,2-4H3,(H,28,31,32)/t14-,18+/m0/s1. The third-order valence-corrected chi connectivity index (χ3v) is 7.59. The second-order valence-corrected chi connectivity index (χ2v) is 11.5. The first-order valence-electron chi connectivity index (χ1n) is 11.8. The summed E-state index contributed by atoms with van der Waals surface area (Å²) >= 11 is 13.2. The van der Waals surface area contributed by atoms with Crippen molar-refractivity contribution in [2.45, 2.75) is 19.0 Å². The van der Waals surface area contributed by atoms with Gasteiger partial charge >= 0.3 is 0 Å². The smallest absolute Gasteiger partial charge is 0.223 e. The van der Waals surface area contributed by atoms with Crippen molar-refractivity contribution in [1.82, 2.24) is 19.7 Å². The molecule has 0 bridgehead atoms. The fourth-order valence-electron chi connectivity index (χ4n) is 4.20. The highest BCUT2D eigenvalue weighted by molar-refractivity contribution is 7.88. The maximum Gasteiger partial charge on any atom is 0.223 e. The van der Waals surface area contributed by atoms with Gasteiger partial charge in [0.15, 0.2) is 5.78 Å². The van der Waals surface area contributed by atoms with Crippen LogP contribution in [0, 0.1) is 5.92 Å². The maximum absolute atomic E-state index is 11.9. The van der Waals surface area contributed by atoms with Gasteiger partial charge in [-0.15, -0.1) is 0 Å². The molecule has 2 atom stereocenters. The van der Waals surface area contributed by atoms with Crippen LogP contribution >= 0.6 is 23.2 Å². The van der Waals surface area contributed by atoms with E-state index >= 15 is 0 Å². The van der Waals surface area contributed by atoms with Gasteiger partial charge in [0.1, 0.15) is 11.5 Å². The largest absolute Gasteiger partial charge is 0.495 e. The molecule has 1 saturated heterocycles. The second-order valence-electron chi connectivity index (χ2n) is 8.89. The van der Waals surface area contributed by atoms with E-state index < -0.39 is 10.0 Å². The van der Waals surface area contributed by atoms with Gasteiger partial charge in [-0.1, -0.05) is 29.8 Å². The lowest BCUT2D eigenvalue weighted by Gasteiger charge is -2.19. The lowest BCUT2D eigenvalue weighted by Crippen LogP contribution is -2.30. The fourth-order valence-corrected chi connectivity index (χ4v) is 5.30. The number of halogens is 2. The lowest BCUT2D eigenvalue weighted by molar-refractivity contribution is -0.115. The van der Waals surface area contributed by atoms with Crippen molar-refractivity contribution in [3.8, 4) is 22.8 Å². The van der Waals surface area contributed by atoms with Crippen molar-refractivity contribution < 1.29 is 27.4 Å². The van der Waals surface area contributed by atoms with Crippen LogP contribution < -0.4 is 19.5 Å².